The van der Waals surface area contributed by atoms with Crippen molar-refractivity contribution in [2.45, 2.75) is 43.3 Å². The molecule has 0 atom stereocenters. The first-order valence-electron chi connectivity index (χ1n) is 9.23. The Bertz CT molecular complexity index is 934. The topological polar surface area (TPSA) is 148 Å². The molecule has 4 amide bonds. The molecule has 3 heterocycles. The zero-order valence-electron chi connectivity index (χ0n) is 15.8. The van der Waals surface area contributed by atoms with Crippen LogP contribution in [0.3, 0.4) is 0 Å². The summed E-state index contributed by atoms with van der Waals surface area (Å²) in [4.78, 5) is 37.3. The Morgan fingerprint density at radius 2 is 2.17 bits per heavy atom. The maximum absolute atomic E-state index is 12.8. The van der Waals surface area contributed by atoms with Crippen LogP contribution in [0, 0.1) is 5.92 Å². The van der Waals surface area contributed by atoms with Crippen LogP contribution in [0.5, 0.6) is 0 Å². The summed E-state index contributed by atoms with van der Waals surface area (Å²) in [5, 5.41) is 11.7. The average molecular weight is 419 g/mol. The number of nitrogen functional groups attached to an aromatic ring is 1. The van der Waals surface area contributed by atoms with Crippen LogP contribution in [0.2, 0.25) is 0 Å². The van der Waals surface area contributed by atoms with Crippen molar-refractivity contribution in [1.29, 1.82) is 0 Å². The van der Waals surface area contributed by atoms with Gasteiger partial charge < -0.3 is 15.6 Å². The lowest BCUT2D eigenvalue weighted by Crippen LogP contribution is -2.51. The number of furan rings is 1. The number of carbonyl (C=O) groups is 3. The van der Waals surface area contributed by atoms with Gasteiger partial charge in [0.1, 0.15) is 5.54 Å². The minimum absolute atomic E-state index is 0.103. The van der Waals surface area contributed by atoms with E-state index in [1.807, 2.05) is 0 Å². The van der Waals surface area contributed by atoms with E-state index in [-0.39, 0.29) is 5.75 Å². The van der Waals surface area contributed by atoms with Gasteiger partial charge in [0.25, 0.3) is 5.91 Å². The minimum Gasteiger partial charge on any atom is -0.461 e. The number of nitrogens with zero attached hydrogens (tertiary/aromatic N) is 4. The van der Waals surface area contributed by atoms with Gasteiger partial charge in [-0.2, -0.15) is 5.01 Å². The second kappa shape index (κ2) is 7.43. The third-order valence-electron chi connectivity index (χ3n) is 5.26. The molecule has 1 saturated carbocycles. The van der Waals surface area contributed by atoms with Crippen molar-refractivity contribution >= 4 is 29.6 Å². The van der Waals surface area contributed by atoms with Crippen LogP contribution in [-0.4, -0.2) is 49.0 Å². The first kappa shape index (κ1) is 19.3. The van der Waals surface area contributed by atoms with Gasteiger partial charge in [-0.15, -0.1) is 10.2 Å². The Kier molecular flexibility index (Phi) is 4.94. The molecule has 2 aliphatic rings. The highest BCUT2D eigenvalue weighted by Crippen LogP contribution is 2.35. The highest BCUT2D eigenvalue weighted by atomic mass is 32.2. The number of nitrogens with two attached hydrogens (primary N) is 1. The summed E-state index contributed by atoms with van der Waals surface area (Å²) in [5.41, 5.74) is 1.48. The Labute approximate surface area is 170 Å². The van der Waals surface area contributed by atoms with E-state index in [2.05, 4.69) is 27.9 Å². The summed E-state index contributed by atoms with van der Waals surface area (Å²) in [7, 11) is 0. The predicted octanol–water partition coefficient (Wildman–Crippen LogP) is 0.876. The summed E-state index contributed by atoms with van der Waals surface area (Å²) in [6, 6.07) is 2.78. The van der Waals surface area contributed by atoms with Crippen LogP contribution in [0.1, 0.15) is 32.6 Å². The quantitative estimate of drug-likeness (QED) is 0.367. The molecule has 2 aromatic heterocycles. The van der Waals surface area contributed by atoms with Gasteiger partial charge in [-0.05, 0) is 43.7 Å². The van der Waals surface area contributed by atoms with E-state index in [0.29, 0.717) is 35.5 Å². The highest BCUT2D eigenvalue weighted by molar-refractivity contribution is 7.99. The molecule has 2 fully saturated rings. The number of hydrazine groups is 1. The number of imide groups is 1. The molecule has 12 heteroatoms. The highest BCUT2D eigenvalue weighted by Gasteiger charge is 2.52. The Morgan fingerprint density at radius 1 is 1.41 bits per heavy atom. The molecule has 1 aliphatic heterocycles. The SMILES string of the molecule is CC1CCC2(CC1)NC(=O)N(NC(=O)CSc1nnc(-c3ccco3)n1N)C2=O. The van der Waals surface area contributed by atoms with E-state index in [1.165, 1.54) is 10.9 Å². The zero-order valence-corrected chi connectivity index (χ0v) is 16.6. The summed E-state index contributed by atoms with van der Waals surface area (Å²) in [6.45, 7) is 2.12. The fourth-order valence-electron chi connectivity index (χ4n) is 3.55. The first-order chi connectivity index (χ1) is 13.9. The van der Waals surface area contributed by atoms with E-state index in [1.54, 1.807) is 12.1 Å². The van der Waals surface area contributed by atoms with E-state index in [4.69, 9.17) is 10.3 Å². The molecule has 1 saturated heterocycles. The van der Waals surface area contributed by atoms with Crippen LogP contribution in [0.15, 0.2) is 28.0 Å². The van der Waals surface area contributed by atoms with Crippen molar-refractivity contribution in [1.82, 2.24) is 30.6 Å². The van der Waals surface area contributed by atoms with Gasteiger partial charge >= 0.3 is 6.03 Å². The largest absolute Gasteiger partial charge is 0.461 e. The van der Waals surface area contributed by atoms with E-state index >= 15 is 0 Å². The van der Waals surface area contributed by atoms with Crippen molar-refractivity contribution in [2.24, 2.45) is 5.92 Å². The zero-order chi connectivity index (χ0) is 20.6. The molecule has 4 N–H and O–H groups in total. The van der Waals surface area contributed by atoms with Crippen LogP contribution in [-0.2, 0) is 9.59 Å². The minimum atomic E-state index is -0.903. The van der Waals surface area contributed by atoms with Crippen LogP contribution in [0.4, 0.5) is 4.79 Å². The number of rotatable bonds is 5. The molecule has 1 spiro atoms. The van der Waals surface area contributed by atoms with Gasteiger partial charge in [-0.25, -0.2) is 9.47 Å². The molecule has 29 heavy (non-hydrogen) atoms. The number of carbonyl (C=O) groups excluding carboxylic acids is 3. The standard InChI is InChI=1S/C17H21N7O4S/c1-10-4-6-17(7-5-10)14(26)24(15(27)19-17)22-12(25)9-29-16-21-20-13(23(16)18)11-3-2-8-28-11/h2-3,8,10H,4-7,9,18H2,1H3,(H,19,27)(H,22,25). The van der Waals surface area contributed by atoms with Crippen LogP contribution < -0.4 is 16.6 Å². The smallest absolute Gasteiger partial charge is 0.344 e. The molecule has 2 aromatic rings. The summed E-state index contributed by atoms with van der Waals surface area (Å²) < 4.78 is 6.44. The first-order valence-corrected chi connectivity index (χ1v) is 10.2. The lowest BCUT2D eigenvalue weighted by atomic mass is 9.77. The van der Waals surface area contributed by atoms with Crippen LogP contribution in [0.25, 0.3) is 11.6 Å². The third kappa shape index (κ3) is 3.55. The lowest BCUT2D eigenvalue weighted by Gasteiger charge is -2.33. The molecule has 1 aliphatic carbocycles. The second-order valence-electron chi connectivity index (χ2n) is 7.31. The number of thioether (sulfide) groups is 1. The predicted molar refractivity (Wildman–Crippen MR) is 102 cm³/mol. The lowest BCUT2D eigenvalue weighted by molar-refractivity contribution is -0.139. The average Bonchev–Trinajstić information content (AvgIpc) is 3.39. The van der Waals surface area contributed by atoms with Gasteiger partial charge in [0, 0.05) is 0 Å². The number of hydrogen-bond donors (Lipinski definition) is 3. The summed E-state index contributed by atoms with van der Waals surface area (Å²) >= 11 is 1.03. The van der Waals surface area contributed by atoms with Crippen molar-refractivity contribution < 1.29 is 18.8 Å². The molecular formula is C17H21N7O4S. The molecule has 0 bridgehead atoms. The van der Waals surface area contributed by atoms with Crippen molar-refractivity contribution in [2.75, 3.05) is 11.6 Å². The molecular weight excluding hydrogens is 398 g/mol. The summed E-state index contributed by atoms with van der Waals surface area (Å²) in [5.74, 6) is 6.19. The van der Waals surface area contributed by atoms with Gasteiger partial charge in [-0.3, -0.25) is 15.0 Å². The monoisotopic (exact) mass is 419 g/mol. The van der Waals surface area contributed by atoms with Crippen LogP contribution >= 0.6 is 11.8 Å². The normalized spacial score (nSPS) is 24.2. The Hall–Kier alpha value is -3.02. The molecule has 0 radical (unpaired) electrons. The molecule has 154 valence electrons. The summed E-state index contributed by atoms with van der Waals surface area (Å²) in [6.07, 6.45) is 4.35. The molecule has 0 aromatic carbocycles. The van der Waals surface area contributed by atoms with E-state index in [9.17, 15) is 14.4 Å². The number of aromatic nitrogens is 3. The van der Waals surface area contributed by atoms with Crippen molar-refractivity contribution in [3.8, 4) is 11.6 Å². The van der Waals surface area contributed by atoms with Crippen molar-refractivity contribution in [3.05, 3.63) is 18.4 Å². The van der Waals surface area contributed by atoms with Gasteiger partial charge in [-0.1, -0.05) is 18.7 Å². The number of hydrogen-bond acceptors (Lipinski definition) is 8. The van der Waals surface area contributed by atoms with Gasteiger partial charge in [0.15, 0.2) is 5.76 Å². The van der Waals surface area contributed by atoms with Crippen molar-refractivity contribution in [3.63, 3.8) is 0 Å². The van der Waals surface area contributed by atoms with Gasteiger partial charge in [0.05, 0.1) is 12.0 Å². The maximum atomic E-state index is 12.8. The third-order valence-corrected chi connectivity index (χ3v) is 6.21. The van der Waals surface area contributed by atoms with E-state index < -0.39 is 23.4 Å². The fraction of sp³-hybridized carbons (Fsp3) is 0.471. The number of nitrogens with one attached hydrogen (secondary N) is 2. The van der Waals surface area contributed by atoms with Gasteiger partial charge in [0.2, 0.25) is 16.9 Å². The maximum Gasteiger partial charge on any atom is 0.344 e. The number of urea groups is 1. The molecule has 4 rings (SSSR count). The Balaban J connectivity index is 1.36. The molecule has 0 unspecified atom stereocenters. The molecule has 11 nitrogen and oxygen atoms in total. The second-order valence-corrected chi connectivity index (χ2v) is 8.25. The number of amides is 4. The fourth-order valence-corrected chi connectivity index (χ4v) is 4.20. The Morgan fingerprint density at radius 3 is 2.86 bits per heavy atom. The van der Waals surface area contributed by atoms with E-state index in [0.717, 1.165) is 29.6 Å².